The van der Waals surface area contributed by atoms with Gasteiger partial charge in [0.1, 0.15) is 0 Å². The topological polar surface area (TPSA) is 79.9 Å². The quantitative estimate of drug-likeness (QED) is 0.725. The molecule has 0 aliphatic carbocycles. The number of aromatic nitrogens is 3. The molecular formula is C9H14N4O2. The van der Waals surface area contributed by atoms with Crippen molar-refractivity contribution in [1.29, 1.82) is 0 Å². The maximum Gasteiger partial charge on any atom is 0.273 e. The summed E-state index contributed by atoms with van der Waals surface area (Å²) in [6.45, 7) is 3.30. The van der Waals surface area contributed by atoms with E-state index >= 15 is 0 Å². The van der Waals surface area contributed by atoms with Crippen LogP contribution in [-0.4, -0.2) is 40.1 Å². The Balaban J connectivity index is 1.98. The molecule has 1 aliphatic heterocycles. The van der Waals surface area contributed by atoms with Crippen LogP contribution in [0.3, 0.4) is 0 Å². The number of H-pyrrole nitrogens is 1. The summed E-state index contributed by atoms with van der Waals surface area (Å²) in [4.78, 5) is 11.7. The molecule has 1 fully saturated rings. The Morgan fingerprint density at radius 3 is 3.20 bits per heavy atom. The van der Waals surface area contributed by atoms with Gasteiger partial charge in [-0.15, -0.1) is 0 Å². The van der Waals surface area contributed by atoms with Crippen molar-refractivity contribution in [2.24, 2.45) is 0 Å². The number of hydrogen-bond acceptors (Lipinski definition) is 4. The van der Waals surface area contributed by atoms with Crippen molar-refractivity contribution in [2.45, 2.75) is 25.3 Å². The first-order valence-corrected chi connectivity index (χ1v) is 4.96. The smallest absolute Gasteiger partial charge is 0.273 e. The molecule has 1 aromatic heterocycles. The highest BCUT2D eigenvalue weighted by Crippen LogP contribution is 2.18. The van der Waals surface area contributed by atoms with Crippen LogP contribution in [0.15, 0.2) is 6.20 Å². The van der Waals surface area contributed by atoms with Crippen molar-refractivity contribution in [3.8, 4) is 0 Å². The van der Waals surface area contributed by atoms with Crippen LogP contribution < -0.4 is 5.32 Å². The summed E-state index contributed by atoms with van der Waals surface area (Å²) in [5, 5.41) is 12.6. The molecule has 1 atom stereocenters. The normalized spacial score (nSPS) is 26.2. The van der Waals surface area contributed by atoms with Gasteiger partial charge in [0.05, 0.1) is 18.3 Å². The minimum absolute atomic E-state index is 0.211. The molecule has 2 N–H and O–H groups in total. The monoisotopic (exact) mass is 210 g/mol. The molecule has 82 valence electrons. The molecule has 0 aromatic carbocycles. The number of aromatic amines is 1. The van der Waals surface area contributed by atoms with Crippen molar-refractivity contribution in [1.82, 2.24) is 20.7 Å². The second-order valence-corrected chi connectivity index (χ2v) is 4.03. The van der Waals surface area contributed by atoms with E-state index in [1.165, 1.54) is 6.20 Å². The van der Waals surface area contributed by atoms with E-state index in [1.807, 2.05) is 6.92 Å². The lowest BCUT2D eigenvalue weighted by molar-refractivity contribution is 0.0271. The van der Waals surface area contributed by atoms with Crippen LogP contribution in [0.2, 0.25) is 0 Å². The lowest BCUT2D eigenvalue weighted by atomic mass is 9.95. The Bertz CT molecular complexity index is 330. The number of nitrogens with zero attached hydrogens (tertiary/aromatic N) is 2. The zero-order chi connectivity index (χ0) is 10.7. The van der Waals surface area contributed by atoms with Crippen LogP contribution in [0.25, 0.3) is 0 Å². The molecule has 6 heteroatoms. The third-order valence-electron chi connectivity index (χ3n) is 2.50. The van der Waals surface area contributed by atoms with Crippen molar-refractivity contribution in [2.75, 3.05) is 13.2 Å². The van der Waals surface area contributed by atoms with Crippen molar-refractivity contribution >= 4 is 5.91 Å². The van der Waals surface area contributed by atoms with Gasteiger partial charge in [-0.3, -0.25) is 4.79 Å². The predicted octanol–water partition coefficient (Wildman–Crippen LogP) is 0.104. The third kappa shape index (κ3) is 2.33. The van der Waals surface area contributed by atoms with E-state index < -0.39 is 0 Å². The average molecular weight is 210 g/mol. The van der Waals surface area contributed by atoms with Gasteiger partial charge in [0, 0.05) is 6.61 Å². The molecule has 0 radical (unpaired) electrons. The van der Waals surface area contributed by atoms with E-state index in [2.05, 4.69) is 20.7 Å². The fourth-order valence-electron chi connectivity index (χ4n) is 1.68. The van der Waals surface area contributed by atoms with Gasteiger partial charge in [-0.05, 0) is 19.8 Å². The summed E-state index contributed by atoms with van der Waals surface area (Å²) in [7, 11) is 0. The first-order chi connectivity index (χ1) is 7.20. The summed E-state index contributed by atoms with van der Waals surface area (Å²) in [5.41, 5.74) is 0.0238. The van der Waals surface area contributed by atoms with Crippen molar-refractivity contribution in [3.63, 3.8) is 0 Å². The minimum atomic E-state index is -0.283. The summed E-state index contributed by atoms with van der Waals surface area (Å²) in [6.07, 6.45) is 3.30. The van der Waals surface area contributed by atoms with Crippen molar-refractivity contribution in [3.05, 3.63) is 11.9 Å². The lowest BCUT2D eigenvalue weighted by Crippen LogP contribution is -2.51. The van der Waals surface area contributed by atoms with Crippen LogP contribution in [0, 0.1) is 0 Å². The molecular weight excluding hydrogens is 196 g/mol. The van der Waals surface area contributed by atoms with E-state index in [4.69, 9.17) is 4.74 Å². The Labute approximate surface area is 87.4 Å². The molecule has 1 saturated heterocycles. The van der Waals surface area contributed by atoms with Gasteiger partial charge >= 0.3 is 0 Å². The van der Waals surface area contributed by atoms with Gasteiger partial charge in [-0.1, -0.05) is 0 Å². The Morgan fingerprint density at radius 2 is 2.60 bits per heavy atom. The van der Waals surface area contributed by atoms with Gasteiger partial charge in [0.2, 0.25) is 0 Å². The van der Waals surface area contributed by atoms with E-state index in [-0.39, 0.29) is 11.4 Å². The Hall–Kier alpha value is -1.43. The minimum Gasteiger partial charge on any atom is -0.379 e. The second kappa shape index (κ2) is 3.98. The zero-order valence-electron chi connectivity index (χ0n) is 8.62. The number of carbonyl (C=O) groups excluding carboxylic acids is 1. The lowest BCUT2D eigenvalue weighted by Gasteiger charge is -2.33. The van der Waals surface area contributed by atoms with Crippen LogP contribution in [-0.2, 0) is 4.74 Å². The van der Waals surface area contributed by atoms with Gasteiger partial charge in [0.15, 0.2) is 5.69 Å². The van der Waals surface area contributed by atoms with Crippen LogP contribution in [0.5, 0.6) is 0 Å². The average Bonchev–Trinajstić information content (AvgIpc) is 2.70. The number of ether oxygens (including phenoxy) is 1. The number of rotatable bonds is 2. The summed E-state index contributed by atoms with van der Waals surface area (Å²) in [5.74, 6) is -0.211. The maximum absolute atomic E-state index is 11.7. The summed E-state index contributed by atoms with van der Waals surface area (Å²) >= 11 is 0. The van der Waals surface area contributed by atoms with Crippen molar-refractivity contribution < 1.29 is 9.53 Å². The first kappa shape index (κ1) is 10.1. The molecule has 15 heavy (non-hydrogen) atoms. The van der Waals surface area contributed by atoms with E-state index in [9.17, 15) is 4.79 Å². The number of amides is 1. The highest BCUT2D eigenvalue weighted by molar-refractivity contribution is 5.92. The summed E-state index contributed by atoms with van der Waals surface area (Å²) < 4.78 is 5.34. The maximum atomic E-state index is 11.7. The Morgan fingerprint density at radius 1 is 1.73 bits per heavy atom. The fraction of sp³-hybridized carbons (Fsp3) is 0.667. The predicted molar refractivity (Wildman–Crippen MR) is 52.3 cm³/mol. The zero-order valence-corrected chi connectivity index (χ0v) is 8.62. The van der Waals surface area contributed by atoms with Gasteiger partial charge in [-0.2, -0.15) is 15.4 Å². The highest BCUT2D eigenvalue weighted by atomic mass is 16.5. The first-order valence-electron chi connectivity index (χ1n) is 4.96. The summed E-state index contributed by atoms with van der Waals surface area (Å²) in [6, 6.07) is 0. The molecule has 1 amide bonds. The molecule has 2 rings (SSSR count). The van der Waals surface area contributed by atoms with E-state index in [0.717, 1.165) is 19.4 Å². The van der Waals surface area contributed by atoms with Crippen LogP contribution in [0.4, 0.5) is 0 Å². The van der Waals surface area contributed by atoms with Gasteiger partial charge in [-0.25, -0.2) is 0 Å². The molecule has 1 aliphatic rings. The molecule has 1 aromatic rings. The Kier molecular flexibility index (Phi) is 2.68. The molecule has 0 saturated carbocycles. The number of carbonyl (C=O) groups is 1. The SMILES string of the molecule is CC1(NC(=O)c2cn[nH]n2)CCCOC1. The van der Waals surface area contributed by atoms with Gasteiger partial charge in [0.25, 0.3) is 5.91 Å². The number of hydrogen-bond donors (Lipinski definition) is 2. The molecule has 2 heterocycles. The molecule has 0 spiro atoms. The molecule has 1 unspecified atom stereocenters. The second-order valence-electron chi connectivity index (χ2n) is 4.03. The van der Waals surface area contributed by atoms with E-state index in [1.54, 1.807) is 0 Å². The standard InChI is InChI=1S/C9H14N4O2/c1-9(3-2-4-15-6-9)11-8(14)7-5-10-13-12-7/h5H,2-4,6H2,1H3,(H,11,14)(H,10,12,13). The van der Waals surface area contributed by atoms with Crippen LogP contribution >= 0.6 is 0 Å². The van der Waals surface area contributed by atoms with E-state index in [0.29, 0.717) is 12.3 Å². The van der Waals surface area contributed by atoms with Crippen LogP contribution in [0.1, 0.15) is 30.3 Å². The molecule has 6 nitrogen and oxygen atoms in total. The number of nitrogens with one attached hydrogen (secondary N) is 2. The fourth-order valence-corrected chi connectivity index (χ4v) is 1.68. The van der Waals surface area contributed by atoms with Gasteiger partial charge < -0.3 is 10.1 Å². The molecule has 0 bridgehead atoms. The highest BCUT2D eigenvalue weighted by Gasteiger charge is 2.30. The largest absolute Gasteiger partial charge is 0.379 e. The third-order valence-corrected chi connectivity index (χ3v) is 2.50.